The van der Waals surface area contributed by atoms with Gasteiger partial charge in [-0.25, -0.2) is 15.0 Å². The summed E-state index contributed by atoms with van der Waals surface area (Å²) < 4.78 is 11.3. The van der Waals surface area contributed by atoms with Crippen molar-refractivity contribution in [1.82, 2.24) is 20.7 Å². The van der Waals surface area contributed by atoms with E-state index < -0.39 is 0 Å². The average molecular weight is 575 g/mol. The van der Waals surface area contributed by atoms with Gasteiger partial charge in [0.1, 0.15) is 23.9 Å². The number of amides is 1. The van der Waals surface area contributed by atoms with Crippen LogP contribution in [0.3, 0.4) is 0 Å². The highest BCUT2D eigenvalue weighted by atomic mass is 31.1. The van der Waals surface area contributed by atoms with Crippen molar-refractivity contribution in [2.45, 2.75) is 33.6 Å². The maximum atomic E-state index is 12.4. The number of aliphatic imine (C=N–C) groups is 1. The minimum atomic E-state index is -0.120. The van der Waals surface area contributed by atoms with Crippen LogP contribution in [-0.2, 0) is 0 Å². The van der Waals surface area contributed by atoms with Gasteiger partial charge in [-0.15, -0.1) is 0 Å². The number of nitriles is 1. The van der Waals surface area contributed by atoms with E-state index in [4.69, 9.17) is 9.26 Å². The van der Waals surface area contributed by atoms with E-state index in [2.05, 4.69) is 42.2 Å². The SMILES string of the molecule is CC.CC=N/C=N\NCPOc1cc(-c2cnc(Nc3ccc(C(=O)NCC4CC4)cc3OC)nc2)ccc1C#N. The molecule has 3 N–H and O–H groups in total. The predicted molar refractivity (Wildman–Crippen MR) is 164 cm³/mol. The van der Waals surface area contributed by atoms with Gasteiger partial charge in [-0.1, -0.05) is 19.9 Å². The molecule has 0 bridgehead atoms. The minimum Gasteiger partial charge on any atom is -0.495 e. The Bertz CT molecular complexity index is 1390. The van der Waals surface area contributed by atoms with Crippen molar-refractivity contribution in [3.8, 4) is 28.7 Å². The number of methoxy groups -OCH3 is 1. The van der Waals surface area contributed by atoms with E-state index in [-0.39, 0.29) is 14.7 Å². The summed E-state index contributed by atoms with van der Waals surface area (Å²) in [4.78, 5) is 25.1. The Hall–Kier alpha value is -4.55. The second kappa shape index (κ2) is 16.5. The number of hydrazone groups is 1. The lowest BCUT2D eigenvalue weighted by molar-refractivity contribution is 0.0951. The molecule has 3 aromatic rings. The zero-order valence-electron chi connectivity index (χ0n) is 23.6. The van der Waals surface area contributed by atoms with Crippen LogP contribution in [0.4, 0.5) is 11.6 Å². The van der Waals surface area contributed by atoms with Crippen LogP contribution in [0.15, 0.2) is 58.9 Å². The summed E-state index contributed by atoms with van der Waals surface area (Å²) in [6.07, 6.45) is 9.23. The Morgan fingerprint density at radius 2 is 1.93 bits per heavy atom. The molecule has 1 fully saturated rings. The molecule has 214 valence electrons. The van der Waals surface area contributed by atoms with Crippen molar-refractivity contribution >= 4 is 38.9 Å². The first-order valence-corrected chi connectivity index (χ1v) is 14.4. The number of benzene rings is 2. The van der Waals surface area contributed by atoms with Crippen LogP contribution in [-0.4, -0.2) is 48.4 Å². The van der Waals surface area contributed by atoms with Gasteiger partial charge < -0.3 is 25.3 Å². The van der Waals surface area contributed by atoms with Crippen LogP contribution in [0.5, 0.6) is 11.5 Å². The minimum absolute atomic E-state index is 0.0479. The van der Waals surface area contributed by atoms with E-state index in [0.717, 1.165) is 11.1 Å². The monoisotopic (exact) mass is 574 g/mol. The molecule has 0 aliphatic heterocycles. The Morgan fingerprint density at radius 3 is 2.61 bits per heavy atom. The zero-order chi connectivity index (χ0) is 29.5. The highest BCUT2D eigenvalue weighted by Gasteiger charge is 2.22. The molecule has 1 aliphatic rings. The maximum absolute atomic E-state index is 12.4. The van der Waals surface area contributed by atoms with Crippen LogP contribution < -0.4 is 25.3 Å². The van der Waals surface area contributed by atoms with Gasteiger partial charge in [0.05, 0.1) is 33.5 Å². The highest BCUT2D eigenvalue weighted by Crippen LogP contribution is 2.32. The van der Waals surface area contributed by atoms with E-state index in [9.17, 15) is 10.1 Å². The van der Waals surface area contributed by atoms with Crippen LogP contribution in [0.2, 0.25) is 0 Å². The number of hydrogen-bond acceptors (Lipinski definition) is 9. The average Bonchev–Trinajstić information content (AvgIpc) is 3.85. The maximum Gasteiger partial charge on any atom is 0.251 e. The molecule has 11 nitrogen and oxygen atoms in total. The summed E-state index contributed by atoms with van der Waals surface area (Å²) in [6, 6.07) is 12.7. The first-order chi connectivity index (χ1) is 20.1. The summed E-state index contributed by atoms with van der Waals surface area (Å²) in [5.74, 6) is 1.83. The Morgan fingerprint density at radius 1 is 1.15 bits per heavy atom. The lowest BCUT2D eigenvalue weighted by atomic mass is 10.1. The van der Waals surface area contributed by atoms with E-state index in [1.807, 2.05) is 19.9 Å². The van der Waals surface area contributed by atoms with Crippen molar-refractivity contribution in [3.63, 3.8) is 0 Å². The number of anilines is 2. The van der Waals surface area contributed by atoms with Gasteiger partial charge in [-0.2, -0.15) is 10.4 Å². The second-order valence-electron chi connectivity index (χ2n) is 8.54. The van der Waals surface area contributed by atoms with Crippen molar-refractivity contribution in [2.24, 2.45) is 16.0 Å². The van der Waals surface area contributed by atoms with Crippen LogP contribution in [0.1, 0.15) is 49.5 Å². The van der Waals surface area contributed by atoms with Gasteiger partial charge in [0.15, 0.2) is 0 Å². The third-order valence-corrected chi connectivity index (χ3v) is 6.41. The summed E-state index contributed by atoms with van der Waals surface area (Å²) in [5, 5.41) is 19.5. The van der Waals surface area contributed by atoms with Gasteiger partial charge in [0, 0.05) is 36.3 Å². The molecule has 1 atom stereocenters. The van der Waals surface area contributed by atoms with Crippen LogP contribution in [0.25, 0.3) is 11.1 Å². The summed E-state index contributed by atoms with van der Waals surface area (Å²) in [7, 11) is 1.60. The standard InChI is InChI=1S/C27H29N8O3P.C2H6/c1-3-29-16-33-34-17-39-38-24-10-19(6-7-21(24)12-28)22-14-31-27(32-15-22)35-23-9-8-20(11-25(23)37-2)26(36)30-13-18-4-5-18;1-2/h3,6-11,14-16,18,34,39H,4-5,13,17H2,1-2H3,(H,30,36)(H,31,32,35);1-2H3/b29-3?,33-16-;. The third-order valence-electron chi connectivity index (χ3n) is 5.74. The predicted octanol–water partition coefficient (Wildman–Crippen LogP) is 5.49. The molecule has 1 amide bonds. The fraction of sp³-hybridized carbons (Fsp3) is 0.310. The Balaban J connectivity index is 0.00000226. The zero-order valence-corrected chi connectivity index (χ0v) is 24.6. The number of rotatable bonds is 13. The topological polar surface area (TPSA) is 146 Å². The van der Waals surface area contributed by atoms with Gasteiger partial charge in [-0.05, 0) is 61.6 Å². The summed E-state index contributed by atoms with van der Waals surface area (Å²) >= 11 is 0. The van der Waals surface area contributed by atoms with Crippen molar-refractivity contribution in [2.75, 3.05) is 25.3 Å². The number of aromatic nitrogens is 2. The molecule has 1 unspecified atom stereocenters. The van der Waals surface area contributed by atoms with Crippen LogP contribution >= 0.6 is 8.81 Å². The summed E-state index contributed by atoms with van der Waals surface area (Å²) in [6.45, 7) is 6.51. The number of hydrogen-bond donors (Lipinski definition) is 3. The van der Waals surface area contributed by atoms with Crippen LogP contribution in [0, 0.1) is 17.2 Å². The molecule has 41 heavy (non-hydrogen) atoms. The van der Waals surface area contributed by atoms with Gasteiger partial charge in [0.25, 0.3) is 5.91 Å². The molecule has 12 heteroatoms. The normalized spacial score (nSPS) is 12.6. The molecule has 1 heterocycles. The van der Waals surface area contributed by atoms with Crippen molar-refractivity contribution < 1.29 is 14.1 Å². The van der Waals surface area contributed by atoms with E-state index in [1.54, 1.807) is 63.0 Å². The Kier molecular flexibility index (Phi) is 12.5. The molecule has 1 saturated carbocycles. The molecule has 0 radical (unpaired) electrons. The first kappa shape index (κ1) is 31.0. The molecule has 0 saturated heterocycles. The fourth-order valence-electron chi connectivity index (χ4n) is 3.47. The largest absolute Gasteiger partial charge is 0.495 e. The number of nitrogens with one attached hydrogen (secondary N) is 3. The molecule has 2 aromatic carbocycles. The van der Waals surface area contributed by atoms with E-state index in [0.29, 0.717) is 53.0 Å². The highest BCUT2D eigenvalue weighted by molar-refractivity contribution is 7.32. The molecule has 4 rings (SSSR count). The lowest BCUT2D eigenvalue weighted by Gasteiger charge is -2.12. The quantitative estimate of drug-likeness (QED) is 0.0799. The van der Waals surface area contributed by atoms with E-state index >= 15 is 0 Å². The van der Waals surface area contributed by atoms with Gasteiger partial charge in [-0.3, -0.25) is 4.79 Å². The van der Waals surface area contributed by atoms with Crippen molar-refractivity contribution in [1.29, 1.82) is 5.26 Å². The number of carbonyl (C=O) groups excluding carboxylic acids is 1. The molecule has 1 aliphatic carbocycles. The van der Waals surface area contributed by atoms with Gasteiger partial charge >= 0.3 is 0 Å². The molecule has 1 aromatic heterocycles. The lowest BCUT2D eigenvalue weighted by Crippen LogP contribution is -2.25. The van der Waals surface area contributed by atoms with Gasteiger partial charge in [0.2, 0.25) is 5.95 Å². The first-order valence-electron chi connectivity index (χ1n) is 13.3. The fourth-order valence-corrected chi connectivity index (χ4v) is 4.02. The molecular formula is C29H35N8O3P. The number of ether oxygens (including phenoxy) is 1. The number of carbonyl (C=O) groups is 1. The molecular weight excluding hydrogens is 539 g/mol. The molecule has 0 spiro atoms. The summed E-state index contributed by atoms with van der Waals surface area (Å²) in [5.41, 5.74) is 6.00. The Labute approximate surface area is 242 Å². The van der Waals surface area contributed by atoms with Crippen molar-refractivity contribution in [3.05, 3.63) is 59.9 Å². The smallest absolute Gasteiger partial charge is 0.251 e. The third kappa shape index (κ3) is 9.55. The number of nitrogens with zero attached hydrogens (tertiary/aromatic N) is 5. The van der Waals surface area contributed by atoms with E-state index in [1.165, 1.54) is 19.2 Å². The second-order valence-corrected chi connectivity index (χ2v) is 9.39.